The monoisotopic (exact) mass is 324 g/mol. The van der Waals surface area contributed by atoms with Gasteiger partial charge in [-0.2, -0.15) is 0 Å². The van der Waals surface area contributed by atoms with Gasteiger partial charge in [0, 0.05) is 12.6 Å². The van der Waals surface area contributed by atoms with Crippen LogP contribution in [-0.2, 0) is 14.8 Å². The van der Waals surface area contributed by atoms with Gasteiger partial charge in [0.1, 0.15) is 4.90 Å². The van der Waals surface area contributed by atoms with Gasteiger partial charge in [0.2, 0.25) is 10.0 Å². The zero-order chi connectivity index (χ0) is 15.8. The van der Waals surface area contributed by atoms with Crippen LogP contribution in [0.5, 0.6) is 0 Å². The molecule has 0 amide bonds. The van der Waals surface area contributed by atoms with Gasteiger partial charge in [-0.15, -0.1) is 0 Å². The van der Waals surface area contributed by atoms with Crippen molar-refractivity contribution < 1.29 is 26.3 Å². The quantitative estimate of drug-likeness (QED) is 0.788. The molecule has 1 aromatic carbocycles. The molecule has 3 atom stereocenters. The van der Waals surface area contributed by atoms with Crippen LogP contribution >= 0.6 is 0 Å². The van der Waals surface area contributed by atoms with Crippen LogP contribution in [-0.4, -0.2) is 33.2 Å². The summed E-state index contributed by atoms with van der Waals surface area (Å²) in [5.74, 6) is -5.06. The van der Waals surface area contributed by atoms with E-state index in [1.165, 1.54) is 0 Å². The van der Waals surface area contributed by atoms with Gasteiger partial charge in [0.25, 0.3) is 0 Å². The second kappa shape index (κ2) is 5.91. The van der Waals surface area contributed by atoms with Crippen LogP contribution in [0.25, 0.3) is 0 Å². The first kappa shape index (κ1) is 16.2. The van der Waals surface area contributed by atoms with Gasteiger partial charge in [-0.3, -0.25) is 0 Å². The fraction of sp³-hybridized carbons (Fsp3) is 0.500. The summed E-state index contributed by atoms with van der Waals surface area (Å²) < 4.78 is 71.1. The third-order valence-corrected chi connectivity index (χ3v) is 4.80. The third-order valence-electron chi connectivity index (χ3n) is 3.33. The van der Waals surface area contributed by atoms with Crippen LogP contribution in [0.3, 0.4) is 0 Å². The first-order chi connectivity index (χ1) is 9.77. The third kappa shape index (κ3) is 3.05. The van der Waals surface area contributed by atoms with Crippen molar-refractivity contribution >= 4 is 10.0 Å². The van der Waals surface area contributed by atoms with Crippen LogP contribution in [0.1, 0.15) is 13.3 Å². The van der Waals surface area contributed by atoms with E-state index in [4.69, 9.17) is 10.5 Å². The fourth-order valence-electron chi connectivity index (χ4n) is 2.15. The van der Waals surface area contributed by atoms with E-state index in [0.29, 0.717) is 25.2 Å². The van der Waals surface area contributed by atoms with Crippen molar-refractivity contribution in [3.8, 4) is 0 Å². The lowest BCUT2D eigenvalue weighted by molar-refractivity contribution is -0.0248. The van der Waals surface area contributed by atoms with Gasteiger partial charge < -0.3 is 10.5 Å². The molecule has 0 spiro atoms. The van der Waals surface area contributed by atoms with Gasteiger partial charge in [0.05, 0.1) is 12.1 Å². The summed E-state index contributed by atoms with van der Waals surface area (Å²) in [7, 11) is -4.37. The minimum Gasteiger partial charge on any atom is -0.377 e. The summed E-state index contributed by atoms with van der Waals surface area (Å²) in [5.41, 5.74) is 5.69. The van der Waals surface area contributed by atoms with Crippen molar-refractivity contribution in [1.82, 2.24) is 4.72 Å². The number of benzene rings is 1. The van der Waals surface area contributed by atoms with Crippen LogP contribution in [0.15, 0.2) is 17.0 Å². The average molecular weight is 324 g/mol. The highest BCUT2D eigenvalue weighted by Gasteiger charge is 2.42. The number of nitrogens with two attached hydrogens (primary N) is 1. The molecule has 3 N–H and O–H groups in total. The van der Waals surface area contributed by atoms with Gasteiger partial charge in [-0.25, -0.2) is 26.3 Å². The smallest absolute Gasteiger partial charge is 0.243 e. The standard InChI is InChI=1S/C12H15F3N2O3S/c1-2-20-8-5-7(16)12(8)17-21(18,19)9-4-3-6(13)10(14)11(9)15/h3-4,7-8,12,17H,2,5,16H2,1H3. The number of hydrogen-bond donors (Lipinski definition) is 2. The lowest BCUT2D eigenvalue weighted by Gasteiger charge is -2.42. The van der Waals surface area contributed by atoms with E-state index in [0.717, 1.165) is 0 Å². The summed E-state index contributed by atoms with van der Waals surface area (Å²) in [6, 6.07) is -0.00364. The van der Waals surface area contributed by atoms with Crippen molar-refractivity contribution in [2.24, 2.45) is 5.73 Å². The maximum absolute atomic E-state index is 13.6. The van der Waals surface area contributed by atoms with Gasteiger partial charge in [-0.05, 0) is 25.5 Å². The molecule has 1 fully saturated rings. The Morgan fingerprint density at radius 3 is 2.57 bits per heavy atom. The van der Waals surface area contributed by atoms with E-state index in [1.54, 1.807) is 6.92 Å². The van der Waals surface area contributed by atoms with Crippen LogP contribution in [0.4, 0.5) is 13.2 Å². The second-order valence-electron chi connectivity index (χ2n) is 4.71. The van der Waals surface area contributed by atoms with Crippen LogP contribution in [0, 0.1) is 17.5 Å². The maximum atomic E-state index is 13.6. The zero-order valence-electron chi connectivity index (χ0n) is 11.1. The molecule has 0 saturated heterocycles. The van der Waals surface area contributed by atoms with Crippen molar-refractivity contribution in [3.05, 3.63) is 29.6 Å². The summed E-state index contributed by atoms with van der Waals surface area (Å²) in [6.45, 7) is 2.11. The van der Waals surface area contributed by atoms with E-state index in [1.807, 2.05) is 0 Å². The molecule has 1 aliphatic carbocycles. The SMILES string of the molecule is CCOC1CC(N)C1NS(=O)(=O)c1ccc(F)c(F)c1F. The van der Waals surface area contributed by atoms with Gasteiger partial charge >= 0.3 is 0 Å². The molecular formula is C12H15F3N2O3S. The van der Waals surface area contributed by atoms with E-state index in [-0.39, 0.29) is 0 Å². The molecule has 2 rings (SSSR count). The minimum atomic E-state index is -4.37. The first-order valence-corrected chi connectivity index (χ1v) is 7.79. The number of ether oxygens (including phenoxy) is 1. The van der Waals surface area contributed by atoms with E-state index in [2.05, 4.69) is 4.72 Å². The predicted molar refractivity (Wildman–Crippen MR) is 68.4 cm³/mol. The Bertz CT molecular complexity index is 637. The van der Waals surface area contributed by atoms with E-state index < -0.39 is 50.6 Å². The Kier molecular flexibility index (Phi) is 4.57. The summed E-state index contributed by atoms with van der Waals surface area (Å²) in [4.78, 5) is -0.962. The van der Waals surface area contributed by atoms with Gasteiger partial charge in [-0.1, -0.05) is 0 Å². The molecule has 0 radical (unpaired) electrons. The number of sulfonamides is 1. The molecular weight excluding hydrogens is 309 g/mol. The highest BCUT2D eigenvalue weighted by atomic mass is 32.2. The number of hydrogen-bond acceptors (Lipinski definition) is 4. The minimum absolute atomic E-state index is 0.370. The Morgan fingerprint density at radius 1 is 1.33 bits per heavy atom. The highest BCUT2D eigenvalue weighted by molar-refractivity contribution is 7.89. The van der Waals surface area contributed by atoms with Crippen LogP contribution in [0.2, 0.25) is 0 Å². The lowest BCUT2D eigenvalue weighted by Crippen LogP contribution is -2.64. The molecule has 0 bridgehead atoms. The van der Waals surface area contributed by atoms with Crippen LogP contribution < -0.4 is 10.5 Å². The molecule has 21 heavy (non-hydrogen) atoms. The molecule has 1 aromatic rings. The van der Waals surface area contributed by atoms with E-state index in [9.17, 15) is 21.6 Å². The van der Waals surface area contributed by atoms with Crippen molar-refractivity contribution in [2.75, 3.05) is 6.61 Å². The Labute approximate surface area is 120 Å². The summed E-state index contributed by atoms with van der Waals surface area (Å²) in [6.07, 6.45) is 0.0366. The molecule has 3 unspecified atom stereocenters. The number of halogens is 3. The summed E-state index contributed by atoms with van der Waals surface area (Å²) >= 11 is 0. The molecule has 0 aromatic heterocycles. The molecule has 1 aliphatic rings. The highest BCUT2D eigenvalue weighted by Crippen LogP contribution is 2.26. The number of rotatable bonds is 5. The maximum Gasteiger partial charge on any atom is 0.243 e. The molecule has 0 aliphatic heterocycles. The second-order valence-corrected chi connectivity index (χ2v) is 6.40. The zero-order valence-corrected chi connectivity index (χ0v) is 12.0. The Hall–Kier alpha value is -1.16. The van der Waals surface area contributed by atoms with E-state index >= 15 is 0 Å². The number of nitrogens with one attached hydrogen (secondary N) is 1. The predicted octanol–water partition coefficient (Wildman–Crippen LogP) is 0.887. The topological polar surface area (TPSA) is 81.4 Å². The Morgan fingerprint density at radius 2 is 2.00 bits per heavy atom. The first-order valence-electron chi connectivity index (χ1n) is 6.31. The Balaban J connectivity index is 2.25. The summed E-state index contributed by atoms with van der Waals surface area (Å²) in [5, 5.41) is 0. The van der Waals surface area contributed by atoms with Crippen molar-refractivity contribution in [2.45, 2.75) is 36.4 Å². The molecule has 5 nitrogen and oxygen atoms in total. The average Bonchev–Trinajstić information content (AvgIpc) is 2.42. The van der Waals surface area contributed by atoms with Crippen molar-refractivity contribution in [1.29, 1.82) is 0 Å². The molecule has 0 heterocycles. The molecule has 1 saturated carbocycles. The molecule has 9 heteroatoms. The normalized spacial score (nSPS) is 25.7. The largest absolute Gasteiger partial charge is 0.377 e. The van der Waals surface area contributed by atoms with Gasteiger partial charge in [0.15, 0.2) is 17.5 Å². The lowest BCUT2D eigenvalue weighted by atomic mass is 9.84. The fourth-order valence-corrected chi connectivity index (χ4v) is 3.53. The van der Waals surface area contributed by atoms with Crippen molar-refractivity contribution in [3.63, 3.8) is 0 Å². The molecule has 118 valence electrons.